The molecule has 188 valence electrons. The molecule has 4 nitrogen and oxygen atoms in total. The van der Waals surface area contributed by atoms with Crippen molar-refractivity contribution in [1.29, 1.82) is 0 Å². The van der Waals surface area contributed by atoms with Gasteiger partial charge in [0.25, 0.3) is 5.91 Å². The number of rotatable bonds is 6. The molecular weight excluding hydrogens is 472 g/mol. The number of aryl methyl sites for hydroxylation is 1. The third kappa shape index (κ3) is 5.58. The Morgan fingerprint density at radius 3 is 2.28 bits per heavy atom. The highest BCUT2D eigenvalue weighted by Gasteiger charge is 2.31. The Hall–Kier alpha value is -3.68. The van der Waals surface area contributed by atoms with Gasteiger partial charge in [-0.05, 0) is 73.4 Å². The fraction of sp³-hybridized carbons (Fsp3) is 0.286. The summed E-state index contributed by atoms with van der Waals surface area (Å²) in [5, 5.41) is 2.60. The molecule has 0 spiro atoms. The molecule has 3 aromatic carbocycles. The van der Waals surface area contributed by atoms with Crippen molar-refractivity contribution in [2.45, 2.75) is 32.4 Å². The number of Topliss-reactive ketones (excluding diaryl/α,β-unsaturated/α-hetero) is 1. The number of benzene rings is 3. The van der Waals surface area contributed by atoms with Crippen LogP contribution in [-0.2, 0) is 12.6 Å². The first-order valence-corrected chi connectivity index (χ1v) is 11.8. The summed E-state index contributed by atoms with van der Waals surface area (Å²) < 4.78 is 52.5. The summed E-state index contributed by atoms with van der Waals surface area (Å²) in [5.74, 6) is -1.12. The number of nitrogens with zero attached hydrogens (tertiary/aromatic N) is 1. The maximum atomic E-state index is 13.2. The number of para-hydroxylation sites is 1. The fourth-order valence-corrected chi connectivity index (χ4v) is 4.62. The van der Waals surface area contributed by atoms with E-state index in [0.717, 1.165) is 23.4 Å². The molecule has 8 heteroatoms. The molecule has 1 N–H and O–H groups in total. The minimum absolute atomic E-state index is 0.0269. The molecule has 1 aliphatic rings. The van der Waals surface area contributed by atoms with E-state index in [9.17, 15) is 27.2 Å². The molecule has 0 atom stereocenters. The molecule has 3 aromatic rings. The van der Waals surface area contributed by atoms with Gasteiger partial charge in [-0.1, -0.05) is 25.1 Å². The Bertz CT molecular complexity index is 1250. The van der Waals surface area contributed by atoms with E-state index in [1.165, 1.54) is 36.4 Å². The number of hydrogen-bond donors (Lipinski definition) is 1. The summed E-state index contributed by atoms with van der Waals surface area (Å²) in [7, 11) is 0. The van der Waals surface area contributed by atoms with Crippen LogP contribution in [0.15, 0.2) is 66.7 Å². The van der Waals surface area contributed by atoms with Crippen molar-refractivity contribution in [2.75, 3.05) is 23.3 Å². The number of halogens is 4. The Morgan fingerprint density at radius 2 is 1.64 bits per heavy atom. The second-order valence-electron chi connectivity index (χ2n) is 8.83. The van der Waals surface area contributed by atoms with Gasteiger partial charge in [0.05, 0.1) is 16.8 Å². The Balaban J connectivity index is 1.53. The number of carbonyl (C=O) groups is 2. The average Bonchev–Trinajstić information content (AvgIpc) is 2.88. The highest BCUT2D eigenvalue weighted by Crippen LogP contribution is 2.33. The normalized spacial score (nSPS) is 14.5. The molecule has 1 amide bonds. The van der Waals surface area contributed by atoms with E-state index in [1.807, 2.05) is 13.0 Å². The van der Waals surface area contributed by atoms with Crippen molar-refractivity contribution in [2.24, 2.45) is 5.92 Å². The van der Waals surface area contributed by atoms with Gasteiger partial charge in [-0.2, -0.15) is 13.2 Å². The zero-order valence-electron chi connectivity index (χ0n) is 19.7. The van der Waals surface area contributed by atoms with E-state index in [0.29, 0.717) is 43.5 Å². The highest BCUT2D eigenvalue weighted by atomic mass is 19.4. The summed E-state index contributed by atoms with van der Waals surface area (Å²) in [6.07, 6.45) is -2.70. The van der Waals surface area contributed by atoms with Crippen molar-refractivity contribution in [1.82, 2.24) is 0 Å². The summed E-state index contributed by atoms with van der Waals surface area (Å²) in [6.45, 7) is 3.05. The lowest BCUT2D eigenvalue weighted by atomic mass is 9.88. The minimum Gasteiger partial charge on any atom is -0.371 e. The van der Waals surface area contributed by atoms with Gasteiger partial charge in [0.15, 0.2) is 5.78 Å². The lowest BCUT2D eigenvalue weighted by Crippen LogP contribution is -2.38. The number of ketones is 1. The van der Waals surface area contributed by atoms with Crippen LogP contribution in [0.3, 0.4) is 0 Å². The largest absolute Gasteiger partial charge is 0.416 e. The summed E-state index contributed by atoms with van der Waals surface area (Å²) in [5.41, 5.74) is 1.74. The third-order valence-corrected chi connectivity index (χ3v) is 6.50. The predicted molar refractivity (Wildman–Crippen MR) is 131 cm³/mol. The van der Waals surface area contributed by atoms with Gasteiger partial charge >= 0.3 is 6.18 Å². The van der Waals surface area contributed by atoms with Crippen LogP contribution in [0.2, 0.25) is 0 Å². The van der Waals surface area contributed by atoms with Crippen molar-refractivity contribution in [3.05, 3.63) is 94.8 Å². The monoisotopic (exact) mass is 498 g/mol. The fourth-order valence-electron chi connectivity index (χ4n) is 4.62. The molecule has 0 unspecified atom stereocenters. The van der Waals surface area contributed by atoms with E-state index < -0.39 is 23.5 Å². The van der Waals surface area contributed by atoms with Crippen LogP contribution in [-0.4, -0.2) is 24.8 Å². The first-order chi connectivity index (χ1) is 17.2. The number of nitrogens with one attached hydrogen (secondary N) is 1. The summed E-state index contributed by atoms with van der Waals surface area (Å²) >= 11 is 0. The first kappa shape index (κ1) is 25.4. The number of anilines is 2. The number of piperidine rings is 1. The molecule has 0 saturated carbocycles. The standard InChI is InChI=1S/C28H26F4N2O2/c1-2-18-5-3-8-24(27(36)33-23-7-4-6-21(17-23)28(30,31)32)25(18)34-15-13-20(14-16-34)26(35)19-9-11-22(29)12-10-19/h3-12,17,20H,2,13-16H2,1H3,(H,33,36). The minimum atomic E-state index is -4.51. The average molecular weight is 499 g/mol. The second-order valence-corrected chi connectivity index (χ2v) is 8.83. The van der Waals surface area contributed by atoms with Gasteiger partial charge in [0.1, 0.15) is 5.82 Å². The number of alkyl halides is 3. The molecule has 0 bridgehead atoms. The van der Waals surface area contributed by atoms with E-state index in [-0.39, 0.29) is 17.4 Å². The second kappa shape index (κ2) is 10.5. The van der Waals surface area contributed by atoms with Crippen molar-refractivity contribution in [3.63, 3.8) is 0 Å². The number of hydrogen-bond acceptors (Lipinski definition) is 3. The van der Waals surface area contributed by atoms with Gasteiger partial charge in [0, 0.05) is 30.3 Å². The molecule has 36 heavy (non-hydrogen) atoms. The van der Waals surface area contributed by atoms with E-state index in [1.54, 1.807) is 12.1 Å². The van der Waals surface area contributed by atoms with Crippen LogP contribution in [0.25, 0.3) is 0 Å². The third-order valence-electron chi connectivity index (χ3n) is 6.50. The zero-order chi connectivity index (χ0) is 25.9. The summed E-state index contributed by atoms with van der Waals surface area (Å²) in [6, 6.07) is 15.4. The number of carbonyl (C=O) groups excluding carboxylic acids is 2. The smallest absolute Gasteiger partial charge is 0.371 e. The molecule has 1 aliphatic heterocycles. The Kier molecular flexibility index (Phi) is 7.43. The van der Waals surface area contributed by atoms with E-state index >= 15 is 0 Å². The first-order valence-electron chi connectivity index (χ1n) is 11.8. The van der Waals surface area contributed by atoms with Crippen LogP contribution in [0.1, 0.15) is 51.6 Å². The highest BCUT2D eigenvalue weighted by molar-refractivity contribution is 6.08. The molecule has 1 saturated heterocycles. The van der Waals surface area contributed by atoms with Gasteiger partial charge in [0.2, 0.25) is 0 Å². The number of amides is 1. The predicted octanol–water partition coefficient (Wildman–Crippen LogP) is 6.76. The Labute approximate surface area is 206 Å². The van der Waals surface area contributed by atoms with Gasteiger partial charge < -0.3 is 10.2 Å². The van der Waals surface area contributed by atoms with Crippen molar-refractivity contribution in [3.8, 4) is 0 Å². The van der Waals surface area contributed by atoms with Crippen molar-refractivity contribution >= 4 is 23.1 Å². The van der Waals surface area contributed by atoms with Gasteiger partial charge in [-0.25, -0.2) is 4.39 Å². The maximum absolute atomic E-state index is 13.2. The van der Waals surface area contributed by atoms with E-state index in [4.69, 9.17) is 0 Å². The lowest BCUT2D eigenvalue weighted by molar-refractivity contribution is -0.137. The molecule has 0 aromatic heterocycles. The van der Waals surface area contributed by atoms with Crippen LogP contribution >= 0.6 is 0 Å². The molecule has 0 aliphatic carbocycles. The van der Waals surface area contributed by atoms with Crippen molar-refractivity contribution < 1.29 is 27.2 Å². The van der Waals surface area contributed by atoms with E-state index in [2.05, 4.69) is 10.2 Å². The quantitative estimate of drug-likeness (QED) is 0.302. The molecular formula is C28H26F4N2O2. The SMILES string of the molecule is CCc1cccc(C(=O)Nc2cccc(C(F)(F)F)c2)c1N1CCC(C(=O)c2ccc(F)cc2)CC1. The summed E-state index contributed by atoms with van der Waals surface area (Å²) in [4.78, 5) is 28.1. The van der Waals surface area contributed by atoms with Gasteiger partial charge in [-0.15, -0.1) is 0 Å². The van der Waals surface area contributed by atoms with Gasteiger partial charge in [-0.3, -0.25) is 9.59 Å². The molecule has 0 radical (unpaired) electrons. The Morgan fingerprint density at radius 1 is 0.972 bits per heavy atom. The zero-order valence-corrected chi connectivity index (χ0v) is 19.7. The molecule has 1 fully saturated rings. The van der Waals surface area contributed by atoms with Crippen LogP contribution < -0.4 is 10.2 Å². The van der Waals surface area contributed by atoms with Crippen LogP contribution in [0, 0.1) is 11.7 Å². The van der Waals surface area contributed by atoms with Crippen LogP contribution in [0.5, 0.6) is 0 Å². The molecule has 4 rings (SSSR count). The molecule has 1 heterocycles. The van der Waals surface area contributed by atoms with Crippen LogP contribution in [0.4, 0.5) is 28.9 Å². The maximum Gasteiger partial charge on any atom is 0.416 e. The topological polar surface area (TPSA) is 49.4 Å². The lowest BCUT2D eigenvalue weighted by Gasteiger charge is -2.35.